The molecule has 1 aromatic rings. The molecular formula is C15H25N3O2. The number of methoxy groups -OCH3 is 1. The van der Waals surface area contributed by atoms with Crippen molar-refractivity contribution in [2.75, 3.05) is 26.9 Å². The van der Waals surface area contributed by atoms with Gasteiger partial charge < -0.3 is 19.4 Å². The molecule has 0 bridgehead atoms. The summed E-state index contributed by atoms with van der Waals surface area (Å²) in [7, 11) is 1.80. The van der Waals surface area contributed by atoms with Crippen LogP contribution in [0.4, 0.5) is 0 Å². The van der Waals surface area contributed by atoms with Crippen molar-refractivity contribution in [3.63, 3.8) is 0 Å². The molecular weight excluding hydrogens is 254 g/mol. The zero-order valence-corrected chi connectivity index (χ0v) is 12.7. The van der Waals surface area contributed by atoms with Crippen molar-refractivity contribution in [3.8, 4) is 0 Å². The van der Waals surface area contributed by atoms with Crippen LogP contribution in [0.1, 0.15) is 43.4 Å². The second-order valence-electron chi connectivity index (χ2n) is 6.22. The molecule has 0 aliphatic carbocycles. The van der Waals surface area contributed by atoms with Crippen molar-refractivity contribution in [1.82, 2.24) is 14.9 Å². The third-order valence-electron chi connectivity index (χ3n) is 4.48. The molecule has 1 N–H and O–H groups in total. The van der Waals surface area contributed by atoms with Crippen LogP contribution >= 0.6 is 0 Å². The monoisotopic (exact) mass is 279 g/mol. The molecule has 0 radical (unpaired) electrons. The second kappa shape index (κ2) is 5.47. The van der Waals surface area contributed by atoms with E-state index in [1.54, 1.807) is 7.11 Å². The normalized spacial score (nSPS) is 26.2. The first-order valence-electron chi connectivity index (χ1n) is 7.57. The number of hydrogen-bond acceptors (Lipinski definition) is 4. The Bertz CT molecular complexity index is 476. The lowest BCUT2D eigenvalue weighted by molar-refractivity contribution is -0.0306. The van der Waals surface area contributed by atoms with Crippen LogP contribution in [0.3, 0.4) is 0 Å². The minimum Gasteiger partial charge on any atom is -0.378 e. The quantitative estimate of drug-likeness (QED) is 0.906. The van der Waals surface area contributed by atoms with Crippen molar-refractivity contribution in [2.45, 2.75) is 51.3 Å². The Morgan fingerprint density at radius 3 is 3.00 bits per heavy atom. The summed E-state index contributed by atoms with van der Waals surface area (Å²) in [5.74, 6) is 1.61. The fraction of sp³-hybridized carbons (Fsp3) is 0.800. The van der Waals surface area contributed by atoms with E-state index in [0.29, 0.717) is 12.5 Å². The number of hydrogen-bond donors (Lipinski definition) is 1. The number of fused-ring (bicyclic) bond motifs is 1. The largest absolute Gasteiger partial charge is 0.378 e. The first kappa shape index (κ1) is 14.0. The average molecular weight is 279 g/mol. The zero-order chi connectivity index (χ0) is 14.2. The Labute approximate surface area is 120 Å². The lowest BCUT2D eigenvalue weighted by Gasteiger charge is -2.29. The van der Waals surface area contributed by atoms with Gasteiger partial charge in [-0.2, -0.15) is 0 Å². The van der Waals surface area contributed by atoms with Gasteiger partial charge in [-0.25, -0.2) is 4.98 Å². The molecule has 2 aliphatic rings. The Hall–Kier alpha value is -0.910. The molecule has 3 heterocycles. The van der Waals surface area contributed by atoms with Gasteiger partial charge in [-0.3, -0.25) is 0 Å². The smallest absolute Gasteiger partial charge is 0.111 e. The summed E-state index contributed by atoms with van der Waals surface area (Å²) in [4.78, 5) is 4.86. The Morgan fingerprint density at radius 2 is 2.35 bits per heavy atom. The fourth-order valence-electron chi connectivity index (χ4n) is 3.24. The molecule has 0 aromatic carbocycles. The maximum Gasteiger partial charge on any atom is 0.111 e. The summed E-state index contributed by atoms with van der Waals surface area (Å²) in [6, 6.07) is 0. The van der Waals surface area contributed by atoms with Crippen molar-refractivity contribution in [1.29, 1.82) is 0 Å². The first-order chi connectivity index (χ1) is 9.65. The number of aromatic nitrogens is 2. The van der Waals surface area contributed by atoms with Crippen LogP contribution in [0.2, 0.25) is 0 Å². The molecule has 112 valence electrons. The van der Waals surface area contributed by atoms with Gasteiger partial charge in [0.15, 0.2) is 0 Å². The number of imidazole rings is 1. The molecule has 0 amide bonds. The highest BCUT2D eigenvalue weighted by Gasteiger charge is 2.37. The van der Waals surface area contributed by atoms with E-state index in [0.717, 1.165) is 39.1 Å². The highest BCUT2D eigenvalue weighted by atomic mass is 16.5. The SMILES string of the molecule is COC1(Cn2c(C(C)C)nc3c2CCNC3)CCOC1. The highest BCUT2D eigenvalue weighted by Crippen LogP contribution is 2.29. The van der Waals surface area contributed by atoms with E-state index in [1.807, 2.05) is 0 Å². The van der Waals surface area contributed by atoms with Gasteiger partial charge >= 0.3 is 0 Å². The lowest BCUT2D eigenvalue weighted by atomic mass is 10.0. The predicted octanol–water partition coefficient (Wildman–Crippen LogP) is 1.46. The van der Waals surface area contributed by atoms with Gasteiger partial charge in [-0.1, -0.05) is 13.8 Å². The minimum atomic E-state index is -0.178. The molecule has 2 aliphatic heterocycles. The second-order valence-corrected chi connectivity index (χ2v) is 6.22. The van der Waals surface area contributed by atoms with Crippen LogP contribution in [-0.4, -0.2) is 42.0 Å². The average Bonchev–Trinajstić information content (AvgIpc) is 3.05. The molecule has 3 rings (SSSR count). The van der Waals surface area contributed by atoms with Gasteiger partial charge in [0.1, 0.15) is 11.4 Å². The first-order valence-corrected chi connectivity index (χ1v) is 7.57. The van der Waals surface area contributed by atoms with Gasteiger partial charge in [0, 0.05) is 51.3 Å². The van der Waals surface area contributed by atoms with Crippen LogP contribution in [0.25, 0.3) is 0 Å². The van der Waals surface area contributed by atoms with E-state index >= 15 is 0 Å². The molecule has 5 nitrogen and oxygen atoms in total. The van der Waals surface area contributed by atoms with Crippen molar-refractivity contribution in [2.24, 2.45) is 0 Å². The van der Waals surface area contributed by atoms with E-state index < -0.39 is 0 Å². The lowest BCUT2D eigenvalue weighted by Crippen LogP contribution is -2.38. The zero-order valence-electron chi connectivity index (χ0n) is 12.7. The topological polar surface area (TPSA) is 48.3 Å². The van der Waals surface area contributed by atoms with Crippen LogP contribution < -0.4 is 5.32 Å². The molecule has 1 aromatic heterocycles. The minimum absolute atomic E-state index is 0.178. The van der Waals surface area contributed by atoms with Gasteiger partial charge in [0.2, 0.25) is 0 Å². The van der Waals surface area contributed by atoms with Crippen LogP contribution in [-0.2, 0) is 29.0 Å². The van der Waals surface area contributed by atoms with E-state index in [4.69, 9.17) is 14.5 Å². The molecule has 5 heteroatoms. The molecule has 20 heavy (non-hydrogen) atoms. The highest BCUT2D eigenvalue weighted by molar-refractivity contribution is 5.22. The molecule has 1 saturated heterocycles. The van der Waals surface area contributed by atoms with Crippen LogP contribution in [0, 0.1) is 0 Å². The molecule has 1 unspecified atom stereocenters. The maximum atomic E-state index is 5.81. The third-order valence-corrected chi connectivity index (χ3v) is 4.48. The number of nitrogens with one attached hydrogen (secondary N) is 1. The Balaban J connectivity index is 1.96. The number of nitrogens with zero attached hydrogens (tertiary/aromatic N) is 2. The predicted molar refractivity (Wildman–Crippen MR) is 76.9 cm³/mol. The van der Waals surface area contributed by atoms with Gasteiger partial charge in [-0.15, -0.1) is 0 Å². The molecule has 1 atom stereocenters. The molecule has 0 saturated carbocycles. The van der Waals surface area contributed by atoms with Crippen LogP contribution in [0.5, 0.6) is 0 Å². The fourth-order valence-corrected chi connectivity index (χ4v) is 3.24. The van der Waals surface area contributed by atoms with Gasteiger partial charge in [-0.05, 0) is 0 Å². The van der Waals surface area contributed by atoms with Crippen LogP contribution in [0.15, 0.2) is 0 Å². The number of rotatable bonds is 4. The number of ether oxygens (including phenoxy) is 2. The summed E-state index contributed by atoms with van der Waals surface area (Å²) < 4.78 is 13.8. The van der Waals surface area contributed by atoms with E-state index in [1.165, 1.54) is 17.2 Å². The van der Waals surface area contributed by atoms with Gasteiger partial charge in [0.05, 0.1) is 18.8 Å². The standard InChI is InChI=1S/C15H25N3O2/c1-11(2)14-17-12-8-16-6-4-13(12)18(14)9-15(19-3)5-7-20-10-15/h11,16H,4-10H2,1-3H3. The molecule has 0 spiro atoms. The van der Waals surface area contributed by atoms with E-state index in [-0.39, 0.29) is 5.60 Å². The summed E-state index contributed by atoms with van der Waals surface area (Å²) >= 11 is 0. The Morgan fingerprint density at radius 1 is 1.50 bits per heavy atom. The van der Waals surface area contributed by atoms with Crippen molar-refractivity contribution >= 4 is 0 Å². The summed E-state index contributed by atoms with van der Waals surface area (Å²) in [6.45, 7) is 8.69. The summed E-state index contributed by atoms with van der Waals surface area (Å²) in [5, 5.41) is 3.41. The summed E-state index contributed by atoms with van der Waals surface area (Å²) in [6.07, 6.45) is 2.02. The summed E-state index contributed by atoms with van der Waals surface area (Å²) in [5.41, 5.74) is 2.42. The van der Waals surface area contributed by atoms with Crippen molar-refractivity contribution in [3.05, 3.63) is 17.2 Å². The third kappa shape index (κ3) is 2.38. The maximum absolute atomic E-state index is 5.81. The Kier molecular flexibility index (Phi) is 3.84. The van der Waals surface area contributed by atoms with E-state index in [9.17, 15) is 0 Å². The molecule has 1 fully saturated rings. The van der Waals surface area contributed by atoms with Crippen molar-refractivity contribution < 1.29 is 9.47 Å². The van der Waals surface area contributed by atoms with Gasteiger partial charge in [0.25, 0.3) is 0 Å². The van der Waals surface area contributed by atoms with E-state index in [2.05, 4.69) is 23.7 Å².